The molecule has 5 heteroatoms. The SMILES string of the molecule is COC1=C(OC)CC(Br)C(c2cc(-c3ccccc3)c3c(n2)C(O)CC=C3)=C1. The van der Waals surface area contributed by atoms with Crippen molar-refractivity contribution < 1.29 is 14.6 Å². The van der Waals surface area contributed by atoms with Crippen LogP contribution in [0, 0.1) is 0 Å². The van der Waals surface area contributed by atoms with Gasteiger partial charge in [-0.3, -0.25) is 0 Å². The van der Waals surface area contributed by atoms with Crippen molar-refractivity contribution in [3.63, 3.8) is 0 Å². The highest BCUT2D eigenvalue weighted by Crippen LogP contribution is 2.40. The van der Waals surface area contributed by atoms with Crippen LogP contribution in [0.1, 0.15) is 35.9 Å². The lowest BCUT2D eigenvalue weighted by Gasteiger charge is -2.25. The molecule has 4 nitrogen and oxygen atoms in total. The van der Waals surface area contributed by atoms with Crippen molar-refractivity contribution in [2.45, 2.75) is 23.8 Å². The van der Waals surface area contributed by atoms with E-state index in [0.29, 0.717) is 18.6 Å². The minimum atomic E-state index is -0.604. The number of fused-ring (bicyclic) bond motifs is 1. The third-order valence-electron chi connectivity index (χ3n) is 5.16. The number of pyridine rings is 1. The number of nitrogens with zero attached hydrogens (tertiary/aromatic N) is 1. The van der Waals surface area contributed by atoms with Crippen molar-refractivity contribution in [3.8, 4) is 11.1 Å². The molecule has 1 heterocycles. The average molecular weight is 440 g/mol. The van der Waals surface area contributed by atoms with E-state index in [1.54, 1.807) is 14.2 Å². The van der Waals surface area contributed by atoms with E-state index in [-0.39, 0.29) is 4.83 Å². The van der Waals surface area contributed by atoms with E-state index in [0.717, 1.165) is 39.4 Å². The summed E-state index contributed by atoms with van der Waals surface area (Å²) in [5, 5.41) is 10.6. The zero-order valence-electron chi connectivity index (χ0n) is 15.9. The molecule has 0 saturated heterocycles. The minimum absolute atomic E-state index is 0.0480. The molecule has 4 rings (SSSR count). The molecule has 0 amide bonds. The Morgan fingerprint density at radius 2 is 1.93 bits per heavy atom. The zero-order valence-corrected chi connectivity index (χ0v) is 17.4. The number of hydrogen-bond donors (Lipinski definition) is 1. The van der Waals surface area contributed by atoms with Gasteiger partial charge in [0.05, 0.1) is 25.6 Å². The fourth-order valence-electron chi connectivity index (χ4n) is 3.71. The van der Waals surface area contributed by atoms with Gasteiger partial charge in [0, 0.05) is 16.8 Å². The van der Waals surface area contributed by atoms with E-state index >= 15 is 0 Å². The van der Waals surface area contributed by atoms with Crippen molar-refractivity contribution in [1.29, 1.82) is 0 Å². The molecule has 1 aromatic carbocycles. The van der Waals surface area contributed by atoms with Crippen LogP contribution in [0.15, 0.2) is 60.1 Å². The summed E-state index contributed by atoms with van der Waals surface area (Å²) < 4.78 is 11.0. The van der Waals surface area contributed by atoms with Gasteiger partial charge in [0.1, 0.15) is 11.9 Å². The van der Waals surface area contributed by atoms with Crippen molar-refractivity contribution in [2.24, 2.45) is 0 Å². The third kappa shape index (κ3) is 3.40. The zero-order chi connectivity index (χ0) is 19.7. The number of alkyl halides is 1. The summed E-state index contributed by atoms with van der Waals surface area (Å²) in [5.74, 6) is 1.51. The predicted octanol–water partition coefficient (Wildman–Crippen LogP) is 5.25. The lowest BCUT2D eigenvalue weighted by atomic mass is 9.89. The molecular formula is C23H22BrNO3. The van der Waals surface area contributed by atoms with Gasteiger partial charge in [-0.1, -0.05) is 58.4 Å². The van der Waals surface area contributed by atoms with E-state index in [1.165, 1.54) is 0 Å². The van der Waals surface area contributed by atoms with Crippen molar-refractivity contribution >= 4 is 27.6 Å². The molecule has 28 heavy (non-hydrogen) atoms. The Morgan fingerprint density at radius 3 is 2.64 bits per heavy atom. The van der Waals surface area contributed by atoms with Gasteiger partial charge >= 0.3 is 0 Å². The molecule has 2 unspecified atom stereocenters. The first kappa shape index (κ1) is 19.0. The van der Waals surface area contributed by atoms with E-state index in [9.17, 15) is 5.11 Å². The number of hydrogen-bond acceptors (Lipinski definition) is 4. The topological polar surface area (TPSA) is 51.6 Å². The molecule has 1 N–H and O–H groups in total. The Morgan fingerprint density at radius 1 is 1.14 bits per heavy atom. The summed E-state index contributed by atoms with van der Waals surface area (Å²) in [6, 6.07) is 12.3. The van der Waals surface area contributed by atoms with Crippen LogP contribution in [0.4, 0.5) is 0 Å². The lowest BCUT2D eigenvalue weighted by molar-refractivity contribution is 0.175. The number of ether oxygens (including phenoxy) is 2. The molecule has 0 bridgehead atoms. The molecule has 0 spiro atoms. The highest BCUT2D eigenvalue weighted by atomic mass is 79.9. The first-order chi connectivity index (χ1) is 13.6. The molecule has 2 atom stereocenters. The fourth-order valence-corrected chi connectivity index (χ4v) is 4.37. The smallest absolute Gasteiger partial charge is 0.156 e. The molecule has 0 radical (unpaired) electrons. The molecular weight excluding hydrogens is 418 g/mol. The van der Waals surface area contributed by atoms with E-state index in [1.807, 2.05) is 30.4 Å². The Balaban J connectivity index is 1.92. The Labute approximate surface area is 173 Å². The molecule has 0 saturated carbocycles. The van der Waals surface area contributed by atoms with Crippen LogP contribution in [0.5, 0.6) is 0 Å². The molecule has 144 valence electrons. The van der Waals surface area contributed by atoms with Gasteiger partial charge < -0.3 is 14.6 Å². The molecule has 2 aliphatic carbocycles. The average Bonchev–Trinajstić information content (AvgIpc) is 2.74. The van der Waals surface area contributed by atoms with Gasteiger partial charge in [0.15, 0.2) is 5.76 Å². The first-order valence-corrected chi connectivity index (χ1v) is 10.2. The summed E-state index contributed by atoms with van der Waals surface area (Å²) in [5.41, 5.74) is 5.72. The summed E-state index contributed by atoms with van der Waals surface area (Å²) in [7, 11) is 3.29. The van der Waals surface area contributed by atoms with Gasteiger partial charge in [-0.25, -0.2) is 4.98 Å². The van der Waals surface area contributed by atoms with E-state index < -0.39 is 6.10 Å². The number of aromatic nitrogens is 1. The summed E-state index contributed by atoms with van der Waals surface area (Å²) >= 11 is 3.77. The number of allylic oxidation sites excluding steroid dienone is 3. The van der Waals surface area contributed by atoms with Gasteiger partial charge in [-0.2, -0.15) is 0 Å². The number of benzene rings is 1. The summed E-state index contributed by atoms with van der Waals surface area (Å²) in [6.45, 7) is 0. The fraction of sp³-hybridized carbons (Fsp3) is 0.261. The van der Waals surface area contributed by atoms with Crippen molar-refractivity contribution in [1.82, 2.24) is 4.98 Å². The predicted molar refractivity (Wildman–Crippen MR) is 115 cm³/mol. The van der Waals surface area contributed by atoms with Gasteiger partial charge in [0.25, 0.3) is 0 Å². The Bertz CT molecular complexity index is 979. The van der Waals surface area contributed by atoms with E-state index in [4.69, 9.17) is 14.5 Å². The number of aliphatic hydroxyl groups excluding tert-OH is 1. The van der Waals surface area contributed by atoms with Crippen LogP contribution in [0.3, 0.4) is 0 Å². The van der Waals surface area contributed by atoms with Crippen LogP contribution in [0.25, 0.3) is 22.8 Å². The Hall–Kier alpha value is -2.37. The maximum absolute atomic E-state index is 10.6. The van der Waals surface area contributed by atoms with Gasteiger partial charge in [0.2, 0.25) is 0 Å². The van der Waals surface area contributed by atoms with Crippen molar-refractivity contribution in [3.05, 3.63) is 77.0 Å². The second-order valence-corrected chi connectivity index (χ2v) is 7.95. The van der Waals surface area contributed by atoms with Crippen LogP contribution in [-0.4, -0.2) is 29.1 Å². The highest BCUT2D eigenvalue weighted by molar-refractivity contribution is 9.09. The van der Waals surface area contributed by atoms with Crippen LogP contribution >= 0.6 is 15.9 Å². The minimum Gasteiger partial charge on any atom is -0.497 e. The quantitative estimate of drug-likeness (QED) is 0.660. The number of rotatable bonds is 4. The van der Waals surface area contributed by atoms with E-state index in [2.05, 4.69) is 40.2 Å². The largest absolute Gasteiger partial charge is 0.497 e. The maximum atomic E-state index is 10.6. The number of aliphatic hydroxyl groups is 1. The Kier molecular flexibility index (Phi) is 5.38. The third-order valence-corrected chi connectivity index (χ3v) is 5.97. The number of methoxy groups -OCH3 is 2. The molecule has 1 aromatic heterocycles. The van der Waals surface area contributed by atoms with Crippen LogP contribution in [0.2, 0.25) is 0 Å². The molecule has 0 fully saturated rings. The van der Waals surface area contributed by atoms with Gasteiger partial charge in [-0.15, -0.1) is 0 Å². The molecule has 2 aromatic rings. The second-order valence-electron chi connectivity index (χ2n) is 6.84. The van der Waals surface area contributed by atoms with Crippen LogP contribution in [-0.2, 0) is 9.47 Å². The van der Waals surface area contributed by atoms with Crippen molar-refractivity contribution in [2.75, 3.05) is 14.2 Å². The summed E-state index contributed by atoms with van der Waals surface area (Å²) in [4.78, 5) is 4.90. The monoisotopic (exact) mass is 439 g/mol. The second kappa shape index (κ2) is 7.94. The molecule has 0 aliphatic heterocycles. The van der Waals surface area contributed by atoms with Crippen LogP contribution < -0.4 is 0 Å². The van der Waals surface area contributed by atoms with Gasteiger partial charge in [-0.05, 0) is 35.3 Å². The standard InChI is InChI=1S/C23H22BrNO3/c1-27-21-12-17(18(24)13-22(21)28-2)19-11-16(14-7-4-3-5-8-14)15-9-6-10-20(26)23(15)25-19/h3-9,11-12,18,20,26H,10,13H2,1-2H3. The highest BCUT2D eigenvalue weighted by Gasteiger charge is 2.27. The molecule has 2 aliphatic rings. The lowest BCUT2D eigenvalue weighted by Crippen LogP contribution is -2.15. The maximum Gasteiger partial charge on any atom is 0.156 e. The first-order valence-electron chi connectivity index (χ1n) is 9.24. The summed E-state index contributed by atoms with van der Waals surface area (Å²) in [6.07, 6.45) is 6.68. The number of halogens is 1. The normalized spacial score (nSPS) is 21.2.